The molecule has 0 radical (unpaired) electrons. The minimum atomic E-state index is -0.785. The molecule has 43 heavy (non-hydrogen) atoms. The van der Waals surface area contributed by atoms with Gasteiger partial charge in [-0.15, -0.1) is 0 Å². The standard InChI is InChI=1S/C33H44N4O6/c1-33(24-37(35(3)32(33)41)28-18-12-9-13-19-28)25-43-30(39)21-15-7-5-4-6-14-20-29(38)42-23-26-22-36(34(2)31(26)40)27-16-10-8-11-17-27/h8-13,16-19,26H,4-7,14-15,20-25H2,1-3H3. The molecule has 0 saturated carbocycles. The topological polar surface area (TPSA) is 99.7 Å². The van der Waals surface area contributed by atoms with E-state index in [0.29, 0.717) is 25.9 Å². The van der Waals surface area contributed by atoms with Crippen LogP contribution >= 0.6 is 0 Å². The fourth-order valence-corrected chi connectivity index (χ4v) is 5.60. The first-order chi connectivity index (χ1) is 20.7. The third-order valence-electron chi connectivity index (χ3n) is 8.21. The number of hydrogen-bond donors (Lipinski definition) is 0. The van der Waals surface area contributed by atoms with E-state index in [1.807, 2.05) is 77.6 Å². The zero-order valence-electron chi connectivity index (χ0n) is 25.6. The van der Waals surface area contributed by atoms with Crippen LogP contribution in [0.2, 0.25) is 0 Å². The first-order valence-corrected chi connectivity index (χ1v) is 15.2. The molecule has 2 aromatic rings. The van der Waals surface area contributed by atoms with Gasteiger partial charge in [0, 0.05) is 26.9 Å². The number of anilines is 2. The number of nitrogens with zero attached hydrogens (tertiary/aromatic N) is 4. The summed E-state index contributed by atoms with van der Waals surface area (Å²) >= 11 is 0. The molecule has 2 heterocycles. The SMILES string of the molecule is CN1C(=O)C(COC(=O)CCCCCCCCC(=O)OCC2(C)CN(c3ccccc3)N(C)C2=O)CN1c1ccccc1. The molecular formula is C33H44N4O6. The van der Waals surface area contributed by atoms with Gasteiger partial charge in [0.25, 0.3) is 5.91 Å². The van der Waals surface area contributed by atoms with Gasteiger partial charge in [-0.3, -0.25) is 39.2 Å². The van der Waals surface area contributed by atoms with Crippen molar-refractivity contribution < 1.29 is 28.7 Å². The summed E-state index contributed by atoms with van der Waals surface area (Å²) < 4.78 is 10.9. The number of carbonyl (C=O) groups excluding carboxylic acids is 4. The molecule has 2 unspecified atom stereocenters. The highest BCUT2D eigenvalue weighted by molar-refractivity contribution is 5.88. The Morgan fingerprint density at radius 3 is 1.84 bits per heavy atom. The molecule has 0 spiro atoms. The molecule has 2 fully saturated rings. The smallest absolute Gasteiger partial charge is 0.305 e. The van der Waals surface area contributed by atoms with Crippen molar-refractivity contribution in [1.29, 1.82) is 0 Å². The lowest BCUT2D eigenvalue weighted by Crippen LogP contribution is -2.37. The third kappa shape index (κ3) is 8.27. The number of para-hydroxylation sites is 2. The van der Waals surface area contributed by atoms with Crippen molar-refractivity contribution in [3.8, 4) is 0 Å². The van der Waals surface area contributed by atoms with E-state index in [1.54, 1.807) is 24.1 Å². The lowest BCUT2D eigenvalue weighted by molar-refractivity contribution is -0.150. The van der Waals surface area contributed by atoms with Crippen LogP contribution in [0, 0.1) is 11.3 Å². The van der Waals surface area contributed by atoms with Gasteiger partial charge in [0.05, 0.1) is 30.4 Å². The molecule has 2 aliphatic heterocycles. The van der Waals surface area contributed by atoms with E-state index in [9.17, 15) is 19.2 Å². The van der Waals surface area contributed by atoms with Gasteiger partial charge >= 0.3 is 11.9 Å². The summed E-state index contributed by atoms with van der Waals surface area (Å²) in [6, 6.07) is 19.4. The molecule has 232 valence electrons. The van der Waals surface area contributed by atoms with Crippen LogP contribution in [-0.2, 0) is 28.7 Å². The summed E-state index contributed by atoms with van der Waals surface area (Å²) in [6.45, 7) is 2.93. The zero-order valence-corrected chi connectivity index (χ0v) is 25.6. The summed E-state index contributed by atoms with van der Waals surface area (Å²) in [5.74, 6) is -1.04. The Hall–Kier alpha value is -4.08. The summed E-state index contributed by atoms with van der Waals surface area (Å²) in [7, 11) is 3.47. The second kappa shape index (κ2) is 14.9. The summed E-state index contributed by atoms with van der Waals surface area (Å²) in [4.78, 5) is 50.0. The number of unbranched alkanes of at least 4 members (excludes halogenated alkanes) is 5. The van der Waals surface area contributed by atoms with Crippen LogP contribution in [0.15, 0.2) is 60.7 Å². The lowest BCUT2D eigenvalue weighted by atomic mass is 9.92. The molecule has 10 heteroatoms. The van der Waals surface area contributed by atoms with Crippen molar-refractivity contribution in [3.63, 3.8) is 0 Å². The highest BCUT2D eigenvalue weighted by Gasteiger charge is 2.47. The van der Waals surface area contributed by atoms with E-state index in [1.165, 1.54) is 0 Å². The normalized spacial score (nSPS) is 20.2. The number of amides is 2. The zero-order chi connectivity index (χ0) is 30.8. The summed E-state index contributed by atoms with van der Waals surface area (Å²) in [6.07, 6.45) is 5.85. The van der Waals surface area contributed by atoms with Crippen LogP contribution in [0.3, 0.4) is 0 Å². The van der Waals surface area contributed by atoms with E-state index >= 15 is 0 Å². The molecule has 10 nitrogen and oxygen atoms in total. The number of rotatable bonds is 15. The van der Waals surface area contributed by atoms with E-state index < -0.39 is 5.41 Å². The van der Waals surface area contributed by atoms with Crippen molar-refractivity contribution in [2.45, 2.75) is 58.3 Å². The van der Waals surface area contributed by atoms with Crippen LogP contribution in [-0.4, -0.2) is 74.2 Å². The first-order valence-electron chi connectivity index (χ1n) is 15.2. The Kier molecular flexibility index (Phi) is 11.0. The quantitative estimate of drug-likeness (QED) is 0.219. The molecule has 2 aromatic carbocycles. The predicted molar refractivity (Wildman–Crippen MR) is 164 cm³/mol. The Morgan fingerprint density at radius 2 is 1.26 bits per heavy atom. The number of benzene rings is 2. The molecule has 2 amide bonds. The van der Waals surface area contributed by atoms with Crippen molar-refractivity contribution in [2.24, 2.45) is 11.3 Å². The predicted octanol–water partition coefficient (Wildman–Crippen LogP) is 4.60. The molecule has 2 saturated heterocycles. The molecule has 0 aromatic heterocycles. The molecular weight excluding hydrogens is 548 g/mol. The number of esters is 2. The monoisotopic (exact) mass is 592 g/mol. The second-order valence-electron chi connectivity index (χ2n) is 11.7. The fourth-order valence-electron chi connectivity index (χ4n) is 5.60. The fraction of sp³-hybridized carbons (Fsp3) is 0.515. The van der Waals surface area contributed by atoms with Crippen LogP contribution in [0.25, 0.3) is 0 Å². The van der Waals surface area contributed by atoms with Crippen molar-refractivity contribution in [1.82, 2.24) is 10.0 Å². The van der Waals surface area contributed by atoms with Gasteiger partial charge in [-0.05, 0) is 44.0 Å². The minimum absolute atomic E-state index is 0.0518. The lowest BCUT2D eigenvalue weighted by Gasteiger charge is -2.25. The van der Waals surface area contributed by atoms with Gasteiger partial charge in [0.15, 0.2) is 0 Å². The third-order valence-corrected chi connectivity index (χ3v) is 8.21. The maximum atomic E-state index is 12.9. The maximum Gasteiger partial charge on any atom is 0.305 e. The molecule has 0 bridgehead atoms. The van der Waals surface area contributed by atoms with Crippen LogP contribution in [0.5, 0.6) is 0 Å². The van der Waals surface area contributed by atoms with Crippen molar-refractivity contribution >= 4 is 35.1 Å². The second-order valence-corrected chi connectivity index (χ2v) is 11.7. The average molecular weight is 593 g/mol. The average Bonchev–Trinajstić information content (AvgIpc) is 3.44. The number of hydrazine groups is 2. The van der Waals surface area contributed by atoms with Gasteiger partial charge in [0.2, 0.25) is 5.91 Å². The first kappa shape index (κ1) is 31.8. The van der Waals surface area contributed by atoms with Gasteiger partial charge < -0.3 is 9.47 Å². The van der Waals surface area contributed by atoms with Gasteiger partial charge in [-0.2, -0.15) is 0 Å². The number of hydrogen-bond acceptors (Lipinski definition) is 8. The summed E-state index contributed by atoms with van der Waals surface area (Å²) in [5.41, 5.74) is 1.07. The number of carbonyl (C=O) groups is 4. The Bertz CT molecular complexity index is 1240. The van der Waals surface area contributed by atoms with Crippen molar-refractivity contribution in [3.05, 3.63) is 60.7 Å². The Labute approximate surface area is 254 Å². The van der Waals surface area contributed by atoms with Crippen LogP contribution in [0.1, 0.15) is 58.3 Å². The number of ether oxygens (including phenoxy) is 2. The molecule has 0 N–H and O–H groups in total. The highest BCUT2D eigenvalue weighted by Crippen LogP contribution is 2.33. The maximum absolute atomic E-state index is 12.9. The minimum Gasteiger partial charge on any atom is -0.465 e. The molecule has 4 rings (SSSR count). The molecule has 2 aliphatic rings. The van der Waals surface area contributed by atoms with E-state index in [0.717, 1.165) is 49.9 Å². The molecule has 2 atom stereocenters. The molecule has 0 aliphatic carbocycles. The van der Waals surface area contributed by atoms with Crippen molar-refractivity contribution in [2.75, 3.05) is 50.4 Å². The highest BCUT2D eigenvalue weighted by atomic mass is 16.5. The van der Waals surface area contributed by atoms with E-state index in [4.69, 9.17) is 9.47 Å². The van der Waals surface area contributed by atoms with Gasteiger partial charge in [-0.1, -0.05) is 62.1 Å². The van der Waals surface area contributed by atoms with Gasteiger partial charge in [0.1, 0.15) is 18.6 Å². The van der Waals surface area contributed by atoms with E-state index in [-0.39, 0.29) is 42.9 Å². The van der Waals surface area contributed by atoms with Gasteiger partial charge in [-0.25, -0.2) is 0 Å². The Morgan fingerprint density at radius 1 is 0.744 bits per heavy atom. The Balaban J connectivity index is 1.02. The van der Waals surface area contributed by atoms with Crippen LogP contribution < -0.4 is 10.0 Å². The summed E-state index contributed by atoms with van der Waals surface area (Å²) in [5, 5.41) is 6.99. The largest absolute Gasteiger partial charge is 0.465 e. The van der Waals surface area contributed by atoms with E-state index in [2.05, 4.69) is 0 Å². The van der Waals surface area contributed by atoms with Crippen LogP contribution in [0.4, 0.5) is 11.4 Å².